The highest BCUT2D eigenvalue weighted by molar-refractivity contribution is 5.91. The van der Waals surface area contributed by atoms with E-state index in [0.717, 1.165) is 91.6 Å². The molecule has 0 atom stereocenters. The first-order valence-corrected chi connectivity index (χ1v) is 12.2. The first-order valence-electron chi connectivity index (χ1n) is 12.2. The van der Waals surface area contributed by atoms with Gasteiger partial charge in [-0.05, 0) is 43.2 Å². The molecule has 0 saturated carbocycles. The van der Waals surface area contributed by atoms with Crippen LogP contribution in [0.25, 0.3) is 16.7 Å². The molecular weight excluding hydrogens is 427 g/mol. The van der Waals surface area contributed by atoms with Crippen molar-refractivity contribution in [3.8, 4) is 5.69 Å². The summed E-state index contributed by atoms with van der Waals surface area (Å²) in [5, 5.41) is 5.90. The molecule has 0 bridgehead atoms. The van der Waals surface area contributed by atoms with Gasteiger partial charge in [-0.15, -0.1) is 0 Å². The summed E-state index contributed by atoms with van der Waals surface area (Å²) >= 11 is 0. The molecule has 0 unspecified atom stereocenters. The fourth-order valence-corrected chi connectivity index (χ4v) is 4.60. The lowest BCUT2D eigenvalue weighted by Crippen LogP contribution is -2.46. The molecule has 2 aromatic carbocycles. The number of halogens is 1. The van der Waals surface area contributed by atoms with Crippen LogP contribution in [0.1, 0.15) is 36.8 Å². The Morgan fingerprint density at radius 2 is 1.65 bits per heavy atom. The third-order valence-electron chi connectivity index (χ3n) is 6.48. The molecule has 5 rings (SSSR count). The van der Waals surface area contributed by atoms with Crippen molar-refractivity contribution in [3.05, 3.63) is 77.5 Å². The zero-order chi connectivity index (χ0) is 23.5. The number of aryl methyl sites for hydroxylation is 2. The molecule has 3 heterocycles. The second-order valence-corrected chi connectivity index (χ2v) is 8.99. The van der Waals surface area contributed by atoms with Gasteiger partial charge in [0.15, 0.2) is 5.65 Å². The van der Waals surface area contributed by atoms with Crippen LogP contribution in [0.15, 0.2) is 54.6 Å². The molecule has 0 amide bonds. The molecule has 0 spiro atoms. The number of hydrogen-bond acceptors (Lipinski definition) is 5. The normalized spacial score (nSPS) is 14.7. The van der Waals surface area contributed by atoms with Crippen LogP contribution in [0.4, 0.5) is 10.2 Å². The summed E-state index contributed by atoms with van der Waals surface area (Å²) in [5.41, 5.74) is 3.98. The number of anilines is 1. The van der Waals surface area contributed by atoms with Gasteiger partial charge in [0.25, 0.3) is 0 Å². The van der Waals surface area contributed by atoms with E-state index in [0.29, 0.717) is 0 Å². The molecule has 2 aromatic heterocycles. The third kappa shape index (κ3) is 4.66. The molecule has 6 nitrogen and oxygen atoms in total. The molecular formula is C27H31FN6. The van der Waals surface area contributed by atoms with Gasteiger partial charge in [0.1, 0.15) is 17.5 Å². The van der Waals surface area contributed by atoms with Crippen molar-refractivity contribution >= 4 is 16.9 Å². The van der Waals surface area contributed by atoms with Crippen molar-refractivity contribution in [1.29, 1.82) is 0 Å². The molecule has 0 radical (unpaired) electrons. The van der Waals surface area contributed by atoms with Crippen LogP contribution < -0.4 is 4.90 Å². The number of hydrogen-bond donors (Lipinski definition) is 0. The summed E-state index contributed by atoms with van der Waals surface area (Å²) in [6.45, 7) is 8.70. The van der Waals surface area contributed by atoms with Gasteiger partial charge in [-0.25, -0.2) is 19.0 Å². The van der Waals surface area contributed by atoms with Crippen LogP contribution in [-0.4, -0.2) is 50.8 Å². The first kappa shape index (κ1) is 22.5. The van der Waals surface area contributed by atoms with Crippen LogP contribution in [0.2, 0.25) is 0 Å². The summed E-state index contributed by atoms with van der Waals surface area (Å²) in [4.78, 5) is 14.8. The van der Waals surface area contributed by atoms with Gasteiger partial charge in [0.2, 0.25) is 0 Å². The summed E-state index contributed by atoms with van der Waals surface area (Å²) < 4.78 is 15.2. The van der Waals surface area contributed by atoms with E-state index in [2.05, 4.69) is 28.9 Å². The van der Waals surface area contributed by atoms with Crippen molar-refractivity contribution < 1.29 is 4.39 Å². The van der Waals surface area contributed by atoms with E-state index in [1.165, 1.54) is 12.1 Å². The molecule has 4 aromatic rings. The summed E-state index contributed by atoms with van der Waals surface area (Å²) in [6, 6.07) is 17.0. The molecule has 1 aliphatic rings. The monoisotopic (exact) mass is 458 g/mol. The van der Waals surface area contributed by atoms with Gasteiger partial charge < -0.3 is 4.90 Å². The highest BCUT2D eigenvalue weighted by Crippen LogP contribution is 2.30. The number of benzene rings is 2. The zero-order valence-electron chi connectivity index (χ0n) is 19.9. The molecule has 1 saturated heterocycles. The van der Waals surface area contributed by atoms with Crippen LogP contribution in [0.3, 0.4) is 0 Å². The lowest BCUT2D eigenvalue weighted by atomic mass is 10.2. The Morgan fingerprint density at radius 3 is 2.35 bits per heavy atom. The quantitative estimate of drug-likeness (QED) is 0.393. The summed E-state index contributed by atoms with van der Waals surface area (Å²) in [7, 11) is 0. The number of fused-ring (bicyclic) bond motifs is 1. The summed E-state index contributed by atoms with van der Waals surface area (Å²) in [5.74, 6) is 1.69. The number of para-hydroxylation sites is 1. The Labute approximate surface area is 200 Å². The lowest BCUT2D eigenvalue weighted by molar-refractivity contribution is 0.249. The largest absolute Gasteiger partial charge is 0.353 e. The molecule has 176 valence electrons. The van der Waals surface area contributed by atoms with Gasteiger partial charge in [0.05, 0.1) is 16.8 Å². The highest BCUT2D eigenvalue weighted by atomic mass is 19.1. The Balaban J connectivity index is 1.44. The SMILES string of the molecule is CCCCc1nc(N2CCN(Cc3ccc(F)cc3)CC2)c2c(C)nn(-c3ccccc3)c2n1. The van der Waals surface area contributed by atoms with E-state index in [1.807, 2.05) is 41.9 Å². The first-order chi connectivity index (χ1) is 16.6. The Bertz CT molecular complexity index is 1240. The van der Waals surface area contributed by atoms with E-state index in [1.54, 1.807) is 0 Å². The number of rotatable bonds is 7. The van der Waals surface area contributed by atoms with Crippen molar-refractivity contribution in [2.45, 2.75) is 39.7 Å². The van der Waals surface area contributed by atoms with E-state index >= 15 is 0 Å². The van der Waals surface area contributed by atoms with E-state index in [9.17, 15) is 4.39 Å². The highest BCUT2D eigenvalue weighted by Gasteiger charge is 2.24. The second-order valence-electron chi connectivity index (χ2n) is 8.99. The van der Waals surface area contributed by atoms with E-state index in [4.69, 9.17) is 15.1 Å². The van der Waals surface area contributed by atoms with Gasteiger partial charge in [-0.1, -0.05) is 43.7 Å². The molecule has 1 fully saturated rings. The number of unbranched alkanes of at least 4 members (excludes halogenated alkanes) is 1. The number of nitrogens with zero attached hydrogens (tertiary/aromatic N) is 6. The van der Waals surface area contributed by atoms with Crippen LogP contribution in [0.5, 0.6) is 0 Å². The van der Waals surface area contributed by atoms with Gasteiger partial charge in [-0.3, -0.25) is 4.90 Å². The van der Waals surface area contributed by atoms with Crippen LogP contribution in [0, 0.1) is 12.7 Å². The van der Waals surface area contributed by atoms with E-state index < -0.39 is 0 Å². The van der Waals surface area contributed by atoms with Gasteiger partial charge in [-0.2, -0.15) is 5.10 Å². The van der Waals surface area contributed by atoms with Gasteiger partial charge in [0, 0.05) is 39.1 Å². The fourth-order valence-electron chi connectivity index (χ4n) is 4.60. The Hall–Kier alpha value is -3.32. The minimum absolute atomic E-state index is 0.188. The summed E-state index contributed by atoms with van der Waals surface area (Å²) in [6.07, 6.45) is 3.04. The zero-order valence-corrected chi connectivity index (χ0v) is 19.9. The predicted molar refractivity (Wildman–Crippen MR) is 134 cm³/mol. The van der Waals surface area contributed by atoms with E-state index in [-0.39, 0.29) is 5.82 Å². The van der Waals surface area contributed by atoms with Crippen molar-refractivity contribution in [3.63, 3.8) is 0 Å². The second kappa shape index (κ2) is 9.89. The molecule has 1 aliphatic heterocycles. The van der Waals surface area contributed by atoms with Crippen LogP contribution >= 0.6 is 0 Å². The minimum Gasteiger partial charge on any atom is -0.353 e. The number of aromatic nitrogens is 4. The maximum absolute atomic E-state index is 13.2. The lowest BCUT2D eigenvalue weighted by Gasteiger charge is -2.35. The standard InChI is InChI=1S/C27H31FN6/c1-3-4-10-24-29-26(25-20(2)31-34(27(25)30-24)23-8-6-5-7-9-23)33-17-15-32(16-18-33)19-21-11-13-22(28)14-12-21/h5-9,11-14H,3-4,10,15-19H2,1-2H3. The minimum atomic E-state index is -0.188. The molecule has 7 heteroatoms. The Morgan fingerprint density at radius 1 is 0.912 bits per heavy atom. The molecule has 0 aliphatic carbocycles. The fraction of sp³-hybridized carbons (Fsp3) is 0.370. The molecule has 0 N–H and O–H groups in total. The van der Waals surface area contributed by atoms with Crippen LogP contribution in [-0.2, 0) is 13.0 Å². The maximum Gasteiger partial charge on any atom is 0.168 e. The predicted octanol–water partition coefficient (Wildman–Crippen LogP) is 4.93. The Kier molecular flexibility index (Phi) is 6.54. The smallest absolute Gasteiger partial charge is 0.168 e. The topological polar surface area (TPSA) is 50.1 Å². The van der Waals surface area contributed by atoms with Crippen molar-refractivity contribution in [2.24, 2.45) is 0 Å². The van der Waals surface area contributed by atoms with Gasteiger partial charge >= 0.3 is 0 Å². The van der Waals surface area contributed by atoms with Crippen molar-refractivity contribution in [1.82, 2.24) is 24.6 Å². The maximum atomic E-state index is 13.2. The van der Waals surface area contributed by atoms with Crippen molar-refractivity contribution in [2.75, 3.05) is 31.1 Å². The number of piperazine rings is 1. The average Bonchev–Trinajstić information content (AvgIpc) is 3.21. The third-order valence-corrected chi connectivity index (χ3v) is 6.48. The molecule has 34 heavy (non-hydrogen) atoms. The average molecular weight is 459 g/mol.